The highest BCUT2D eigenvalue weighted by atomic mass is 19.1. The molecule has 7 atom stereocenters. The molecule has 0 saturated heterocycles. The summed E-state index contributed by atoms with van der Waals surface area (Å²) in [6.45, 7) is 6.75. The van der Waals surface area contributed by atoms with Crippen molar-refractivity contribution in [3.05, 3.63) is 23.8 Å². The first-order valence-corrected chi connectivity index (χ1v) is 9.61. The number of hydrogen-bond acceptors (Lipinski definition) is 1. The minimum absolute atomic E-state index is 0.192. The minimum Gasteiger partial charge on any atom is -0.392 e. The highest BCUT2D eigenvalue weighted by Crippen LogP contribution is 2.69. The molecule has 0 unspecified atom stereocenters. The molecule has 0 radical (unpaired) electrons. The summed E-state index contributed by atoms with van der Waals surface area (Å²) in [5, 5.41) is 10.9. The number of aliphatic hydroxyl groups is 1. The Morgan fingerprint density at radius 2 is 2.04 bits per heavy atom. The monoisotopic (exact) mass is 318 g/mol. The van der Waals surface area contributed by atoms with Crippen LogP contribution in [-0.4, -0.2) is 16.9 Å². The third-order valence-corrected chi connectivity index (χ3v) is 8.41. The van der Waals surface area contributed by atoms with Gasteiger partial charge < -0.3 is 5.11 Å². The van der Waals surface area contributed by atoms with Crippen molar-refractivity contribution in [3.8, 4) is 0 Å². The Morgan fingerprint density at radius 1 is 1.26 bits per heavy atom. The van der Waals surface area contributed by atoms with Crippen molar-refractivity contribution in [1.29, 1.82) is 0 Å². The van der Waals surface area contributed by atoms with Gasteiger partial charge in [0.15, 0.2) is 0 Å². The summed E-state index contributed by atoms with van der Waals surface area (Å²) in [6, 6.07) is 0. The van der Waals surface area contributed by atoms with Crippen LogP contribution in [0.15, 0.2) is 23.8 Å². The van der Waals surface area contributed by atoms with Gasteiger partial charge in [-0.25, -0.2) is 4.39 Å². The number of aliphatic hydroxyl groups excluding tert-OH is 1. The average molecular weight is 318 g/mol. The van der Waals surface area contributed by atoms with E-state index in [1.807, 2.05) is 0 Å². The maximum atomic E-state index is 16.6. The summed E-state index contributed by atoms with van der Waals surface area (Å²) < 4.78 is 16.6. The number of fused-ring (bicyclic) bond motifs is 5. The van der Waals surface area contributed by atoms with Crippen LogP contribution >= 0.6 is 0 Å². The SMILES string of the molecule is CC[C@H]1CC[C@H]2[C@@H]3[C@@H](O)CC4=CCC=C[C@]4(C)[C@@]3(F)CC[C@]12C. The largest absolute Gasteiger partial charge is 0.392 e. The Bertz CT molecular complexity index is 566. The van der Waals surface area contributed by atoms with Gasteiger partial charge in [0.25, 0.3) is 0 Å². The van der Waals surface area contributed by atoms with E-state index in [0.29, 0.717) is 24.7 Å². The first kappa shape index (κ1) is 15.9. The van der Waals surface area contributed by atoms with Crippen LogP contribution < -0.4 is 0 Å². The molecule has 1 N–H and O–H groups in total. The molecule has 4 aliphatic carbocycles. The van der Waals surface area contributed by atoms with Gasteiger partial charge in [-0.2, -0.15) is 0 Å². The summed E-state index contributed by atoms with van der Waals surface area (Å²) in [5.41, 5.74) is -0.410. The van der Waals surface area contributed by atoms with E-state index in [2.05, 4.69) is 39.0 Å². The van der Waals surface area contributed by atoms with Crippen LogP contribution in [-0.2, 0) is 0 Å². The molecule has 3 fully saturated rings. The maximum absolute atomic E-state index is 16.6. The van der Waals surface area contributed by atoms with Gasteiger partial charge in [-0.1, -0.05) is 44.1 Å². The summed E-state index contributed by atoms with van der Waals surface area (Å²) in [5.74, 6) is 0.855. The van der Waals surface area contributed by atoms with Gasteiger partial charge >= 0.3 is 0 Å². The van der Waals surface area contributed by atoms with E-state index in [-0.39, 0.29) is 11.3 Å². The zero-order valence-electron chi connectivity index (χ0n) is 14.8. The third kappa shape index (κ3) is 1.82. The lowest BCUT2D eigenvalue weighted by Gasteiger charge is -2.61. The number of rotatable bonds is 1. The molecule has 23 heavy (non-hydrogen) atoms. The molecule has 0 amide bonds. The molecule has 0 aromatic rings. The zero-order valence-corrected chi connectivity index (χ0v) is 14.8. The number of allylic oxidation sites excluding steroid dienone is 3. The Balaban J connectivity index is 1.79. The second-order valence-electron chi connectivity index (χ2n) is 9.02. The molecule has 2 heteroatoms. The number of hydrogen-bond donors (Lipinski definition) is 1. The van der Waals surface area contributed by atoms with Crippen LogP contribution in [0.4, 0.5) is 4.39 Å². The molecule has 0 aromatic heterocycles. The molecule has 0 spiro atoms. The molecular weight excluding hydrogens is 287 g/mol. The van der Waals surface area contributed by atoms with E-state index >= 15 is 4.39 Å². The molecule has 0 bridgehead atoms. The molecule has 4 rings (SSSR count). The Hall–Kier alpha value is -0.630. The predicted octanol–water partition coefficient (Wildman–Crippen LogP) is 5.20. The quantitative estimate of drug-likeness (QED) is 0.658. The molecule has 0 aromatic carbocycles. The predicted molar refractivity (Wildman–Crippen MR) is 91.7 cm³/mol. The summed E-state index contributed by atoms with van der Waals surface area (Å²) in [7, 11) is 0. The average Bonchev–Trinajstić information content (AvgIpc) is 2.85. The topological polar surface area (TPSA) is 20.2 Å². The van der Waals surface area contributed by atoms with E-state index in [9.17, 15) is 5.11 Å². The lowest BCUT2D eigenvalue weighted by atomic mass is 9.45. The fourth-order valence-corrected chi connectivity index (χ4v) is 6.99. The van der Waals surface area contributed by atoms with Crippen molar-refractivity contribution in [3.63, 3.8) is 0 Å². The fourth-order valence-electron chi connectivity index (χ4n) is 6.99. The zero-order chi connectivity index (χ0) is 16.5. The van der Waals surface area contributed by atoms with Crippen LogP contribution in [0, 0.1) is 28.6 Å². The van der Waals surface area contributed by atoms with Gasteiger partial charge in [0.1, 0.15) is 5.67 Å². The molecule has 0 heterocycles. The standard InChI is InChI=1S/C21H31FO/c1-4-14-8-9-16-18-17(23)13-15-7-5-6-10-20(15,3)21(18,22)12-11-19(14,16)2/h6-7,10,14,16-18,23H,4-5,8-9,11-13H2,1-3H3/t14-,16-,17-,18+,19+,20-,21+/m0/s1. The van der Waals surface area contributed by atoms with Crippen molar-refractivity contribution < 1.29 is 9.50 Å². The van der Waals surface area contributed by atoms with Gasteiger partial charge in [0.2, 0.25) is 0 Å². The van der Waals surface area contributed by atoms with Crippen molar-refractivity contribution in [2.45, 2.75) is 77.5 Å². The van der Waals surface area contributed by atoms with E-state index in [1.54, 1.807) is 0 Å². The van der Waals surface area contributed by atoms with Crippen LogP contribution in [0.1, 0.15) is 65.7 Å². The second-order valence-corrected chi connectivity index (χ2v) is 9.02. The summed E-state index contributed by atoms with van der Waals surface area (Å²) >= 11 is 0. The highest BCUT2D eigenvalue weighted by Gasteiger charge is 2.68. The molecule has 3 saturated carbocycles. The minimum atomic E-state index is -1.28. The first-order chi connectivity index (χ1) is 10.9. The van der Waals surface area contributed by atoms with Crippen molar-refractivity contribution in [2.24, 2.45) is 28.6 Å². The van der Waals surface area contributed by atoms with E-state index < -0.39 is 17.2 Å². The fraction of sp³-hybridized carbons (Fsp3) is 0.810. The van der Waals surface area contributed by atoms with Gasteiger partial charge in [0, 0.05) is 11.3 Å². The molecular formula is C21H31FO. The number of alkyl halides is 1. The van der Waals surface area contributed by atoms with E-state index in [4.69, 9.17) is 0 Å². The van der Waals surface area contributed by atoms with Gasteiger partial charge in [-0.15, -0.1) is 0 Å². The summed E-state index contributed by atoms with van der Waals surface area (Å²) in [6.07, 6.45) is 12.5. The molecule has 4 aliphatic rings. The van der Waals surface area contributed by atoms with Gasteiger partial charge in [-0.05, 0) is 62.7 Å². The Labute approximate surface area is 140 Å². The molecule has 1 nitrogen and oxygen atoms in total. The van der Waals surface area contributed by atoms with Crippen LogP contribution in [0.2, 0.25) is 0 Å². The van der Waals surface area contributed by atoms with Crippen molar-refractivity contribution in [2.75, 3.05) is 0 Å². The van der Waals surface area contributed by atoms with Gasteiger partial charge in [0.05, 0.1) is 6.10 Å². The van der Waals surface area contributed by atoms with E-state index in [0.717, 1.165) is 24.8 Å². The lowest BCUT2D eigenvalue weighted by Crippen LogP contribution is -2.63. The maximum Gasteiger partial charge on any atom is 0.129 e. The second kappa shape index (κ2) is 4.94. The van der Waals surface area contributed by atoms with Gasteiger partial charge in [-0.3, -0.25) is 0 Å². The highest BCUT2D eigenvalue weighted by molar-refractivity contribution is 5.37. The Morgan fingerprint density at radius 3 is 2.78 bits per heavy atom. The van der Waals surface area contributed by atoms with Crippen LogP contribution in [0.5, 0.6) is 0 Å². The molecule has 128 valence electrons. The smallest absolute Gasteiger partial charge is 0.129 e. The first-order valence-electron chi connectivity index (χ1n) is 9.61. The normalized spacial score (nSPS) is 54.9. The Kier molecular flexibility index (Phi) is 3.41. The summed E-state index contributed by atoms with van der Waals surface area (Å²) in [4.78, 5) is 0. The van der Waals surface area contributed by atoms with Crippen molar-refractivity contribution in [1.82, 2.24) is 0 Å². The third-order valence-electron chi connectivity index (χ3n) is 8.41. The molecule has 0 aliphatic heterocycles. The van der Waals surface area contributed by atoms with Crippen LogP contribution in [0.25, 0.3) is 0 Å². The lowest BCUT2D eigenvalue weighted by molar-refractivity contribution is -0.168. The van der Waals surface area contributed by atoms with Crippen molar-refractivity contribution >= 4 is 0 Å². The van der Waals surface area contributed by atoms with Crippen LogP contribution in [0.3, 0.4) is 0 Å². The number of halogens is 1. The van der Waals surface area contributed by atoms with E-state index in [1.165, 1.54) is 12.8 Å².